The highest BCUT2D eigenvalue weighted by atomic mass is 35.5. The summed E-state index contributed by atoms with van der Waals surface area (Å²) in [4.78, 5) is 14.2. The third-order valence-corrected chi connectivity index (χ3v) is 3.88. The Kier molecular flexibility index (Phi) is 12.5. The van der Waals surface area contributed by atoms with Crippen LogP contribution in [0.4, 0.5) is 0 Å². The molecule has 0 radical (unpaired) electrons. The van der Waals surface area contributed by atoms with Gasteiger partial charge in [0.2, 0.25) is 5.91 Å². The fourth-order valence-electron chi connectivity index (χ4n) is 2.41. The van der Waals surface area contributed by atoms with Gasteiger partial charge in [-0.15, -0.1) is 24.8 Å². The molecule has 2 rings (SSSR count). The first kappa shape index (κ1) is 25.2. The van der Waals surface area contributed by atoms with E-state index in [0.29, 0.717) is 13.2 Å². The molecule has 0 fully saturated rings. The third-order valence-electron chi connectivity index (χ3n) is 3.88. The first-order chi connectivity index (χ1) is 12.1. The number of para-hydroxylation sites is 1. The predicted molar refractivity (Wildman–Crippen MR) is 115 cm³/mol. The zero-order valence-electron chi connectivity index (χ0n) is 15.8. The average Bonchev–Trinajstić information content (AvgIpc) is 2.61. The van der Waals surface area contributed by atoms with Crippen molar-refractivity contribution in [3.8, 4) is 5.75 Å². The lowest BCUT2D eigenvalue weighted by Gasteiger charge is -2.15. The van der Waals surface area contributed by atoms with Gasteiger partial charge in [0.15, 0.2) is 0 Å². The summed E-state index contributed by atoms with van der Waals surface area (Å²) < 4.78 is 5.81. The van der Waals surface area contributed by atoms with Gasteiger partial charge in [-0.25, -0.2) is 0 Å². The first-order valence-corrected chi connectivity index (χ1v) is 8.49. The second-order valence-electron chi connectivity index (χ2n) is 6.26. The number of rotatable bonds is 9. The molecule has 0 bridgehead atoms. The molecule has 0 aliphatic carbocycles. The van der Waals surface area contributed by atoms with Crippen LogP contribution in [0.15, 0.2) is 54.6 Å². The average molecular weight is 414 g/mol. The van der Waals surface area contributed by atoms with E-state index in [1.54, 1.807) is 0 Å². The second kappa shape index (κ2) is 13.4. The summed E-state index contributed by atoms with van der Waals surface area (Å²) in [6.07, 6.45) is 0.258. The van der Waals surface area contributed by atoms with Crippen molar-refractivity contribution in [2.45, 2.75) is 19.0 Å². The number of ether oxygens (including phenoxy) is 1. The fraction of sp³-hybridized carbons (Fsp3) is 0.350. The van der Waals surface area contributed by atoms with E-state index in [1.807, 2.05) is 68.7 Å². The number of carbonyl (C=O) groups excluding carboxylic acids is 1. The van der Waals surface area contributed by atoms with Gasteiger partial charge in [-0.3, -0.25) is 4.79 Å². The van der Waals surface area contributed by atoms with Crippen molar-refractivity contribution in [2.24, 2.45) is 5.73 Å². The Hall–Kier alpha value is -1.79. The summed E-state index contributed by atoms with van der Waals surface area (Å²) in [6.45, 7) is 1.88. The molecule has 1 atom stereocenters. The molecule has 0 aliphatic rings. The Morgan fingerprint density at radius 3 is 2.37 bits per heavy atom. The van der Waals surface area contributed by atoms with Gasteiger partial charge >= 0.3 is 0 Å². The highest BCUT2D eigenvalue weighted by Crippen LogP contribution is 2.18. The molecule has 0 aliphatic heterocycles. The molecule has 1 unspecified atom stereocenters. The summed E-state index contributed by atoms with van der Waals surface area (Å²) >= 11 is 0. The van der Waals surface area contributed by atoms with Crippen molar-refractivity contribution in [3.05, 3.63) is 65.7 Å². The summed E-state index contributed by atoms with van der Waals surface area (Å²) in [5, 5.41) is 2.93. The number of hydrogen-bond acceptors (Lipinski definition) is 4. The maximum absolute atomic E-state index is 12.2. The number of nitrogens with one attached hydrogen (secondary N) is 1. The van der Waals surface area contributed by atoms with Gasteiger partial charge < -0.3 is 20.7 Å². The Morgan fingerprint density at radius 2 is 1.70 bits per heavy atom. The van der Waals surface area contributed by atoms with Crippen molar-refractivity contribution in [3.63, 3.8) is 0 Å². The third kappa shape index (κ3) is 9.11. The van der Waals surface area contributed by atoms with Crippen LogP contribution in [0, 0.1) is 0 Å². The van der Waals surface area contributed by atoms with Gasteiger partial charge in [0, 0.05) is 31.1 Å². The lowest BCUT2D eigenvalue weighted by atomic mass is 10.0. The number of hydrogen-bond donors (Lipinski definition) is 2. The molecule has 0 spiro atoms. The number of halogens is 2. The van der Waals surface area contributed by atoms with Gasteiger partial charge in [0.25, 0.3) is 0 Å². The highest BCUT2D eigenvalue weighted by Gasteiger charge is 2.12. The molecule has 27 heavy (non-hydrogen) atoms. The maximum Gasteiger partial charge on any atom is 0.222 e. The van der Waals surface area contributed by atoms with E-state index in [-0.39, 0.29) is 43.2 Å². The van der Waals surface area contributed by atoms with Crippen LogP contribution in [-0.2, 0) is 11.3 Å². The molecule has 0 heterocycles. The molecule has 2 aromatic rings. The second-order valence-corrected chi connectivity index (χ2v) is 6.26. The zero-order valence-corrected chi connectivity index (χ0v) is 17.4. The van der Waals surface area contributed by atoms with E-state index >= 15 is 0 Å². The minimum absolute atomic E-state index is 0. The Morgan fingerprint density at radius 1 is 1.07 bits per heavy atom. The van der Waals surface area contributed by atoms with Crippen LogP contribution in [0.3, 0.4) is 0 Å². The molecule has 1 amide bonds. The molecular formula is C20H29Cl2N3O2. The minimum atomic E-state index is -0.298. The largest absolute Gasteiger partial charge is 0.492 e. The lowest BCUT2D eigenvalue weighted by molar-refractivity contribution is -0.121. The smallest absolute Gasteiger partial charge is 0.222 e. The number of likely N-dealkylation sites (N-methyl/N-ethyl adjacent to an activating group) is 1. The summed E-state index contributed by atoms with van der Waals surface area (Å²) in [7, 11) is 4.01. The van der Waals surface area contributed by atoms with Crippen LogP contribution in [0.2, 0.25) is 0 Å². The van der Waals surface area contributed by atoms with Gasteiger partial charge in [-0.05, 0) is 25.7 Å². The van der Waals surface area contributed by atoms with Crippen LogP contribution in [-0.4, -0.2) is 38.1 Å². The highest BCUT2D eigenvalue weighted by molar-refractivity contribution is 5.85. The lowest BCUT2D eigenvalue weighted by Crippen LogP contribution is -2.27. The van der Waals surface area contributed by atoms with Gasteiger partial charge in [0.05, 0.1) is 0 Å². The maximum atomic E-state index is 12.2. The molecule has 2 aromatic carbocycles. The van der Waals surface area contributed by atoms with Gasteiger partial charge in [0.1, 0.15) is 12.4 Å². The Bertz CT molecular complexity index is 669. The van der Waals surface area contributed by atoms with Crippen molar-refractivity contribution < 1.29 is 9.53 Å². The van der Waals surface area contributed by atoms with E-state index in [9.17, 15) is 4.79 Å². The normalized spacial score (nSPS) is 11.1. The number of amides is 1. The zero-order chi connectivity index (χ0) is 18.1. The number of nitrogens with two attached hydrogens (primary N) is 1. The van der Waals surface area contributed by atoms with Crippen LogP contribution in [0.1, 0.15) is 23.6 Å². The molecular weight excluding hydrogens is 385 g/mol. The van der Waals surface area contributed by atoms with Crippen molar-refractivity contribution in [2.75, 3.05) is 27.2 Å². The summed E-state index contributed by atoms with van der Waals surface area (Å²) in [5.74, 6) is 0.733. The molecule has 150 valence electrons. The molecule has 7 heteroatoms. The topological polar surface area (TPSA) is 67.6 Å². The number of carbonyl (C=O) groups is 1. The van der Waals surface area contributed by atoms with E-state index in [2.05, 4.69) is 10.2 Å². The van der Waals surface area contributed by atoms with E-state index in [4.69, 9.17) is 10.5 Å². The fourth-order valence-corrected chi connectivity index (χ4v) is 2.41. The number of nitrogens with zero attached hydrogens (tertiary/aromatic N) is 1. The molecule has 0 saturated heterocycles. The van der Waals surface area contributed by atoms with Crippen molar-refractivity contribution in [1.82, 2.24) is 10.2 Å². The Balaban J connectivity index is 0.00000338. The van der Waals surface area contributed by atoms with E-state index < -0.39 is 0 Å². The minimum Gasteiger partial charge on any atom is -0.492 e. The van der Waals surface area contributed by atoms with Gasteiger partial charge in [-0.1, -0.05) is 48.5 Å². The van der Waals surface area contributed by atoms with Crippen LogP contribution in [0.25, 0.3) is 0 Å². The number of benzene rings is 2. The van der Waals surface area contributed by atoms with Gasteiger partial charge in [-0.2, -0.15) is 0 Å². The molecule has 5 nitrogen and oxygen atoms in total. The van der Waals surface area contributed by atoms with E-state index in [1.165, 1.54) is 0 Å². The SMILES string of the molecule is CN(C)CCOc1ccccc1CNC(=O)CC(N)c1ccccc1.Cl.Cl. The standard InChI is InChI=1S/C20H27N3O2.2ClH/c1-23(2)12-13-25-19-11-7-6-10-17(19)15-22-20(24)14-18(21)16-8-4-3-5-9-16;;/h3-11,18H,12-15,21H2,1-2H3,(H,22,24);2*1H. The summed E-state index contributed by atoms with van der Waals surface area (Å²) in [6, 6.07) is 17.1. The quantitative estimate of drug-likeness (QED) is 0.662. The summed E-state index contributed by atoms with van der Waals surface area (Å²) in [5.41, 5.74) is 8.02. The van der Waals surface area contributed by atoms with Crippen molar-refractivity contribution >= 4 is 30.7 Å². The first-order valence-electron chi connectivity index (χ1n) is 8.49. The molecule has 0 aromatic heterocycles. The predicted octanol–water partition coefficient (Wildman–Crippen LogP) is 3.18. The van der Waals surface area contributed by atoms with Crippen LogP contribution >= 0.6 is 24.8 Å². The van der Waals surface area contributed by atoms with Crippen molar-refractivity contribution in [1.29, 1.82) is 0 Å². The van der Waals surface area contributed by atoms with Crippen LogP contribution < -0.4 is 15.8 Å². The Labute approximate surface area is 174 Å². The molecule has 0 saturated carbocycles. The monoisotopic (exact) mass is 413 g/mol. The van der Waals surface area contributed by atoms with E-state index in [0.717, 1.165) is 23.4 Å². The molecule has 3 N–H and O–H groups in total. The van der Waals surface area contributed by atoms with Crippen LogP contribution in [0.5, 0.6) is 5.75 Å².